The first-order valence-corrected chi connectivity index (χ1v) is 17.4. The lowest BCUT2D eigenvalue weighted by Gasteiger charge is -2.18. The number of rotatable bonds is 26. The van der Waals surface area contributed by atoms with Gasteiger partial charge in [0.2, 0.25) is 0 Å². The lowest BCUT2D eigenvalue weighted by atomic mass is 10.0. The second-order valence-electron chi connectivity index (χ2n) is 11.7. The summed E-state index contributed by atoms with van der Waals surface area (Å²) in [6, 6.07) is 4.79. The summed E-state index contributed by atoms with van der Waals surface area (Å²) >= 11 is 0. The Morgan fingerprint density at radius 3 is 1.09 bits per heavy atom. The Labute approximate surface area is 266 Å². The summed E-state index contributed by atoms with van der Waals surface area (Å²) < 4.78 is 10.4. The van der Waals surface area contributed by atoms with E-state index in [-0.39, 0.29) is 13.2 Å². The van der Waals surface area contributed by atoms with Gasteiger partial charge >= 0.3 is 11.9 Å². The molecule has 0 aromatic heterocycles. The number of carbonyl (C=O) groups is 4. The molecule has 1 aromatic rings. The fourth-order valence-corrected chi connectivity index (χ4v) is 5.20. The van der Waals surface area contributed by atoms with Crippen LogP contribution < -0.4 is 10.6 Å². The first-order valence-electron chi connectivity index (χ1n) is 17.4. The van der Waals surface area contributed by atoms with Gasteiger partial charge in [-0.25, -0.2) is 9.59 Å². The molecule has 250 valence electrons. The van der Waals surface area contributed by atoms with Gasteiger partial charge in [-0.1, -0.05) is 117 Å². The average molecular weight is 617 g/mol. The summed E-state index contributed by atoms with van der Waals surface area (Å²) in [5.74, 6) is -1.65. The summed E-state index contributed by atoms with van der Waals surface area (Å²) in [6.45, 7) is 8.41. The fraction of sp³-hybridized carbons (Fsp3) is 0.722. The zero-order valence-corrected chi connectivity index (χ0v) is 28.1. The molecule has 8 heteroatoms. The Bertz CT molecular complexity index is 858. The Kier molecular flexibility index (Phi) is 22.6. The van der Waals surface area contributed by atoms with Gasteiger partial charge in [0.1, 0.15) is 12.1 Å². The number of unbranched alkanes of at least 4 members (excludes halogenated alkanes) is 14. The molecule has 2 unspecified atom stereocenters. The molecule has 0 radical (unpaired) electrons. The van der Waals surface area contributed by atoms with Crippen molar-refractivity contribution in [3.63, 3.8) is 0 Å². The number of esters is 2. The topological polar surface area (TPSA) is 111 Å². The monoisotopic (exact) mass is 616 g/mol. The van der Waals surface area contributed by atoms with E-state index in [0.717, 1.165) is 38.5 Å². The summed E-state index contributed by atoms with van der Waals surface area (Å²) in [4.78, 5) is 51.0. The van der Waals surface area contributed by atoms with Crippen LogP contribution in [-0.4, -0.2) is 49.1 Å². The molecule has 2 atom stereocenters. The minimum absolute atomic E-state index is 0.248. The van der Waals surface area contributed by atoms with E-state index in [1.165, 1.54) is 64.2 Å². The second-order valence-corrected chi connectivity index (χ2v) is 11.7. The molecule has 44 heavy (non-hydrogen) atoms. The third-order valence-corrected chi connectivity index (χ3v) is 7.85. The average Bonchev–Trinajstić information content (AvgIpc) is 3.02. The predicted octanol–water partition coefficient (Wildman–Crippen LogP) is 8.07. The van der Waals surface area contributed by atoms with Crippen LogP contribution in [0.25, 0.3) is 0 Å². The summed E-state index contributed by atoms with van der Waals surface area (Å²) in [6.07, 6.45) is 19.4. The molecule has 0 aliphatic rings. The molecule has 8 nitrogen and oxygen atoms in total. The Hall–Kier alpha value is -2.90. The van der Waals surface area contributed by atoms with E-state index < -0.39 is 35.8 Å². The number of carbonyl (C=O) groups excluding carboxylic acids is 4. The highest BCUT2D eigenvalue weighted by atomic mass is 16.5. The van der Waals surface area contributed by atoms with E-state index in [0.29, 0.717) is 24.0 Å². The van der Waals surface area contributed by atoms with E-state index in [9.17, 15) is 19.2 Å². The largest absolute Gasteiger partial charge is 0.464 e. The zero-order valence-electron chi connectivity index (χ0n) is 28.1. The van der Waals surface area contributed by atoms with Gasteiger partial charge in [-0.2, -0.15) is 0 Å². The highest BCUT2D eigenvalue weighted by Gasteiger charge is 2.24. The van der Waals surface area contributed by atoms with Crippen molar-refractivity contribution in [1.82, 2.24) is 10.6 Å². The third-order valence-electron chi connectivity index (χ3n) is 7.85. The van der Waals surface area contributed by atoms with Crippen LogP contribution in [0.5, 0.6) is 0 Å². The Morgan fingerprint density at radius 2 is 0.795 bits per heavy atom. The van der Waals surface area contributed by atoms with Crippen LogP contribution in [0.15, 0.2) is 24.3 Å². The number of nitrogens with one attached hydrogen (secondary N) is 2. The Balaban J connectivity index is 2.66. The van der Waals surface area contributed by atoms with Crippen molar-refractivity contribution in [2.24, 2.45) is 0 Å². The molecule has 0 spiro atoms. The number of hydrogen-bond donors (Lipinski definition) is 2. The van der Waals surface area contributed by atoms with Crippen LogP contribution >= 0.6 is 0 Å². The molecule has 1 rings (SSSR count). The maximum Gasteiger partial charge on any atom is 0.328 e. The van der Waals surface area contributed by atoms with Crippen LogP contribution in [0.3, 0.4) is 0 Å². The number of ether oxygens (including phenoxy) is 2. The first kappa shape index (κ1) is 39.1. The fourth-order valence-electron chi connectivity index (χ4n) is 5.20. The molecular formula is C36H60N2O6. The maximum atomic E-state index is 13.0. The van der Waals surface area contributed by atoms with Crippen molar-refractivity contribution >= 4 is 23.8 Å². The lowest BCUT2D eigenvalue weighted by molar-refractivity contribution is -0.146. The third kappa shape index (κ3) is 17.4. The van der Waals surface area contributed by atoms with Gasteiger partial charge in [0.25, 0.3) is 11.8 Å². The smallest absolute Gasteiger partial charge is 0.328 e. The van der Waals surface area contributed by atoms with E-state index in [1.54, 1.807) is 38.1 Å². The molecule has 0 saturated heterocycles. The maximum absolute atomic E-state index is 13.0. The molecule has 0 aliphatic heterocycles. The number of benzene rings is 1. The molecule has 1 aromatic carbocycles. The van der Waals surface area contributed by atoms with Gasteiger partial charge in [0, 0.05) is 11.1 Å². The van der Waals surface area contributed by atoms with E-state index in [2.05, 4.69) is 24.5 Å². The van der Waals surface area contributed by atoms with Crippen LogP contribution in [0.1, 0.15) is 164 Å². The molecule has 0 heterocycles. The number of amides is 2. The van der Waals surface area contributed by atoms with Crippen molar-refractivity contribution < 1.29 is 28.7 Å². The van der Waals surface area contributed by atoms with Crippen molar-refractivity contribution in [3.05, 3.63) is 35.4 Å². The Morgan fingerprint density at radius 1 is 0.500 bits per heavy atom. The molecular weight excluding hydrogens is 556 g/mol. The van der Waals surface area contributed by atoms with E-state index in [1.807, 2.05) is 0 Å². The van der Waals surface area contributed by atoms with Gasteiger partial charge in [0.05, 0.1) is 13.2 Å². The lowest BCUT2D eigenvalue weighted by Crippen LogP contribution is -2.42. The standard InChI is InChI=1S/C36H60N2O6/c1-5-9-11-13-15-17-19-21-23-31(35(41)43-7-3)37-33(39)29-25-27-30(28-26-29)34(40)38-32(36(42)44-8-4)24-22-20-18-16-14-12-10-6-2/h25-28,31-32H,5-24H2,1-4H3,(H,37,39)(H,38,40). The van der Waals surface area contributed by atoms with Crippen molar-refractivity contribution in [1.29, 1.82) is 0 Å². The van der Waals surface area contributed by atoms with Crippen LogP contribution in [0.4, 0.5) is 0 Å². The minimum Gasteiger partial charge on any atom is -0.464 e. The highest BCUT2D eigenvalue weighted by Crippen LogP contribution is 2.14. The predicted molar refractivity (Wildman–Crippen MR) is 177 cm³/mol. The molecule has 2 amide bonds. The molecule has 0 bridgehead atoms. The molecule has 0 fully saturated rings. The van der Waals surface area contributed by atoms with Crippen LogP contribution in [0.2, 0.25) is 0 Å². The zero-order chi connectivity index (χ0) is 32.4. The quantitative estimate of drug-likeness (QED) is 0.0804. The van der Waals surface area contributed by atoms with Gasteiger partial charge in [0.15, 0.2) is 0 Å². The van der Waals surface area contributed by atoms with Crippen molar-refractivity contribution in [2.75, 3.05) is 13.2 Å². The molecule has 0 saturated carbocycles. The van der Waals surface area contributed by atoms with E-state index >= 15 is 0 Å². The second kappa shape index (κ2) is 25.4. The summed E-state index contributed by atoms with van der Waals surface area (Å²) in [7, 11) is 0. The van der Waals surface area contributed by atoms with Gasteiger partial charge in [-0.05, 0) is 51.0 Å². The highest BCUT2D eigenvalue weighted by molar-refractivity contribution is 6.00. The van der Waals surface area contributed by atoms with Gasteiger partial charge in [-0.3, -0.25) is 9.59 Å². The van der Waals surface area contributed by atoms with E-state index in [4.69, 9.17) is 9.47 Å². The SMILES string of the molecule is CCCCCCCCCCC(NC(=O)c1ccc(C(=O)NC(CCCCCCCCCC)C(=O)OCC)cc1)C(=O)OCC. The summed E-state index contributed by atoms with van der Waals surface area (Å²) in [5.41, 5.74) is 0.681. The van der Waals surface area contributed by atoms with Crippen LogP contribution in [-0.2, 0) is 19.1 Å². The molecule has 0 aliphatic carbocycles. The normalized spacial score (nSPS) is 12.3. The van der Waals surface area contributed by atoms with Crippen LogP contribution in [0, 0.1) is 0 Å². The van der Waals surface area contributed by atoms with Crippen molar-refractivity contribution in [3.8, 4) is 0 Å². The van der Waals surface area contributed by atoms with Crippen molar-refractivity contribution in [2.45, 2.75) is 155 Å². The van der Waals surface area contributed by atoms with Gasteiger partial charge in [-0.15, -0.1) is 0 Å². The summed E-state index contributed by atoms with van der Waals surface area (Å²) in [5, 5.41) is 5.64. The van der Waals surface area contributed by atoms with Gasteiger partial charge < -0.3 is 20.1 Å². The number of hydrogen-bond acceptors (Lipinski definition) is 6. The molecule has 2 N–H and O–H groups in total. The minimum atomic E-state index is -0.716. The first-order chi connectivity index (χ1) is 21.4.